The van der Waals surface area contributed by atoms with Gasteiger partial charge in [0.15, 0.2) is 5.78 Å². The van der Waals surface area contributed by atoms with Crippen molar-refractivity contribution in [1.29, 1.82) is 0 Å². The number of aryl methyl sites for hydroxylation is 1. The fraction of sp³-hybridized carbons (Fsp3) is 0.562. The minimum absolute atomic E-state index is 0.274. The fourth-order valence-electron chi connectivity index (χ4n) is 2.97. The van der Waals surface area contributed by atoms with Gasteiger partial charge in [0.1, 0.15) is 0 Å². The van der Waals surface area contributed by atoms with E-state index in [1.165, 1.54) is 24.8 Å². The molecule has 0 aliphatic heterocycles. The van der Waals surface area contributed by atoms with Crippen LogP contribution in [0.4, 0.5) is 0 Å². The van der Waals surface area contributed by atoms with Crippen LogP contribution in [0.5, 0.6) is 0 Å². The maximum Gasteiger partial charge on any atom is 0.166 e. The molecular formula is C16H22O. The quantitative estimate of drug-likeness (QED) is 0.704. The Morgan fingerprint density at radius 3 is 2.47 bits per heavy atom. The molecule has 1 fully saturated rings. The van der Waals surface area contributed by atoms with E-state index in [1.807, 2.05) is 24.3 Å². The van der Waals surface area contributed by atoms with Crippen molar-refractivity contribution in [1.82, 2.24) is 0 Å². The van der Waals surface area contributed by atoms with Crippen LogP contribution in [0.3, 0.4) is 0 Å². The molecule has 1 aromatic carbocycles. The molecule has 1 aliphatic carbocycles. The standard InChI is InChI=1S/C16H22O/c1-3-13-6-4-5-7-15(13)16(17)14-10-8-12(2)9-11-14/h8-11,13,15H,3-7H2,1-2H3. The molecule has 0 amide bonds. The molecule has 92 valence electrons. The van der Waals surface area contributed by atoms with Crippen molar-refractivity contribution >= 4 is 5.78 Å². The molecule has 0 saturated heterocycles. The Morgan fingerprint density at radius 1 is 1.18 bits per heavy atom. The summed E-state index contributed by atoms with van der Waals surface area (Å²) < 4.78 is 0. The zero-order valence-corrected chi connectivity index (χ0v) is 10.9. The molecule has 17 heavy (non-hydrogen) atoms. The van der Waals surface area contributed by atoms with Gasteiger partial charge in [0.2, 0.25) is 0 Å². The second-order valence-corrected chi connectivity index (χ2v) is 5.29. The second kappa shape index (κ2) is 5.48. The van der Waals surface area contributed by atoms with Gasteiger partial charge in [-0.2, -0.15) is 0 Å². The Kier molecular flexibility index (Phi) is 3.98. The molecule has 0 heterocycles. The van der Waals surface area contributed by atoms with Gasteiger partial charge >= 0.3 is 0 Å². The number of ketones is 1. The number of Topliss-reactive ketones (excluding diaryl/α,β-unsaturated/α-hetero) is 1. The van der Waals surface area contributed by atoms with Crippen molar-refractivity contribution < 1.29 is 4.79 Å². The van der Waals surface area contributed by atoms with E-state index < -0.39 is 0 Å². The molecule has 0 radical (unpaired) electrons. The average molecular weight is 230 g/mol. The summed E-state index contributed by atoms with van der Waals surface area (Å²) in [5.74, 6) is 1.26. The first-order chi connectivity index (χ1) is 8.22. The van der Waals surface area contributed by atoms with Gasteiger partial charge in [-0.3, -0.25) is 4.79 Å². The highest BCUT2D eigenvalue weighted by atomic mass is 16.1. The van der Waals surface area contributed by atoms with E-state index in [2.05, 4.69) is 13.8 Å². The van der Waals surface area contributed by atoms with Gasteiger partial charge in [0.05, 0.1) is 0 Å². The van der Waals surface area contributed by atoms with Crippen LogP contribution < -0.4 is 0 Å². The van der Waals surface area contributed by atoms with Gasteiger partial charge in [-0.15, -0.1) is 0 Å². The lowest BCUT2D eigenvalue weighted by molar-refractivity contribution is 0.0820. The Balaban J connectivity index is 2.15. The molecule has 2 rings (SSSR count). The SMILES string of the molecule is CCC1CCCCC1C(=O)c1ccc(C)cc1. The first kappa shape index (κ1) is 12.3. The van der Waals surface area contributed by atoms with Gasteiger partial charge < -0.3 is 0 Å². The largest absolute Gasteiger partial charge is 0.294 e. The minimum Gasteiger partial charge on any atom is -0.294 e. The molecule has 2 unspecified atom stereocenters. The van der Waals surface area contributed by atoms with Crippen molar-refractivity contribution in [3.63, 3.8) is 0 Å². The summed E-state index contributed by atoms with van der Waals surface area (Å²) in [6.07, 6.45) is 5.99. The molecule has 1 aliphatic rings. The predicted molar refractivity (Wildman–Crippen MR) is 71.2 cm³/mol. The van der Waals surface area contributed by atoms with E-state index in [4.69, 9.17) is 0 Å². The van der Waals surface area contributed by atoms with E-state index in [0.717, 1.165) is 18.4 Å². The summed E-state index contributed by atoms with van der Waals surface area (Å²) in [6, 6.07) is 8.05. The van der Waals surface area contributed by atoms with E-state index in [0.29, 0.717) is 11.7 Å². The Hall–Kier alpha value is -1.11. The van der Waals surface area contributed by atoms with Crippen LogP contribution in [-0.2, 0) is 0 Å². The fourth-order valence-corrected chi connectivity index (χ4v) is 2.97. The summed E-state index contributed by atoms with van der Waals surface area (Å²) in [4.78, 5) is 12.5. The molecular weight excluding hydrogens is 208 g/mol. The molecule has 0 spiro atoms. The second-order valence-electron chi connectivity index (χ2n) is 5.29. The van der Waals surface area contributed by atoms with Gasteiger partial charge in [-0.1, -0.05) is 56.0 Å². The first-order valence-electron chi connectivity index (χ1n) is 6.83. The van der Waals surface area contributed by atoms with Gasteiger partial charge in [-0.25, -0.2) is 0 Å². The van der Waals surface area contributed by atoms with Gasteiger partial charge in [0, 0.05) is 11.5 Å². The van der Waals surface area contributed by atoms with Crippen molar-refractivity contribution in [2.45, 2.75) is 46.0 Å². The number of hydrogen-bond acceptors (Lipinski definition) is 1. The zero-order valence-electron chi connectivity index (χ0n) is 10.9. The van der Waals surface area contributed by atoms with Crippen LogP contribution in [0, 0.1) is 18.8 Å². The number of benzene rings is 1. The number of carbonyl (C=O) groups is 1. The molecule has 1 saturated carbocycles. The summed E-state index contributed by atoms with van der Waals surface area (Å²) in [5, 5.41) is 0. The first-order valence-corrected chi connectivity index (χ1v) is 6.83. The van der Waals surface area contributed by atoms with Crippen LogP contribution in [0.2, 0.25) is 0 Å². The minimum atomic E-state index is 0.274. The lowest BCUT2D eigenvalue weighted by Crippen LogP contribution is -2.26. The highest BCUT2D eigenvalue weighted by Crippen LogP contribution is 2.34. The normalized spacial score (nSPS) is 24.6. The van der Waals surface area contributed by atoms with E-state index >= 15 is 0 Å². The van der Waals surface area contributed by atoms with Crippen molar-refractivity contribution in [3.05, 3.63) is 35.4 Å². The topological polar surface area (TPSA) is 17.1 Å². The van der Waals surface area contributed by atoms with Crippen LogP contribution in [0.25, 0.3) is 0 Å². The summed E-state index contributed by atoms with van der Waals surface area (Å²) in [5.41, 5.74) is 2.12. The van der Waals surface area contributed by atoms with Crippen molar-refractivity contribution in [3.8, 4) is 0 Å². The summed E-state index contributed by atoms with van der Waals surface area (Å²) in [6.45, 7) is 4.27. The maximum atomic E-state index is 12.5. The molecule has 2 atom stereocenters. The van der Waals surface area contributed by atoms with E-state index in [1.54, 1.807) is 0 Å². The highest BCUT2D eigenvalue weighted by Gasteiger charge is 2.29. The molecule has 1 nitrogen and oxygen atoms in total. The predicted octanol–water partition coefficient (Wildman–Crippen LogP) is 4.39. The Morgan fingerprint density at radius 2 is 1.82 bits per heavy atom. The lowest BCUT2D eigenvalue weighted by Gasteiger charge is -2.29. The van der Waals surface area contributed by atoms with E-state index in [9.17, 15) is 4.79 Å². The average Bonchev–Trinajstić information content (AvgIpc) is 2.39. The molecule has 0 N–H and O–H groups in total. The Labute approximate surface area is 104 Å². The Bertz CT molecular complexity index is 377. The molecule has 1 heteroatoms. The summed E-state index contributed by atoms with van der Waals surface area (Å²) >= 11 is 0. The van der Waals surface area contributed by atoms with Crippen LogP contribution in [0.15, 0.2) is 24.3 Å². The molecule has 0 aromatic heterocycles. The molecule has 0 bridgehead atoms. The third-order valence-electron chi connectivity index (χ3n) is 4.11. The smallest absolute Gasteiger partial charge is 0.166 e. The van der Waals surface area contributed by atoms with Crippen LogP contribution in [-0.4, -0.2) is 5.78 Å². The third-order valence-corrected chi connectivity index (χ3v) is 4.11. The van der Waals surface area contributed by atoms with Crippen LogP contribution in [0.1, 0.15) is 54.9 Å². The van der Waals surface area contributed by atoms with Crippen LogP contribution >= 0.6 is 0 Å². The zero-order chi connectivity index (χ0) is 12.3. The third kappa shape index (κ3) is 2.77. The van der Waals surface area contributed by atoms with E-state index in [-0.39, 0.29) is 5.92 Å². The maximum absolute atomic E-state index is 12.5. The number of rotatable bonds is 3. The monoisotopic (exact) mass is 230 g/mol. The van der Waals surface area contributed by atoms with Crippen molar-refractivity contribution in [2.24, 2.45) is 11.8 Å². The number of hydrogen-bond donors (Lipinski definition) is 0. The van der Waals surface area contributed by atoms with Gasteiger partial charge in [0.25, 0.3) is 0 Å². The summed E-state index contributed by atoms with van der Waals surface area (Å²) in [7, 11) is 0. The molecule has 1 aromatic rings. The van der Waals surface area contributed by atoms with Gasteiger partial charge in [-0.05, 0) is 25.7 Å². The lowest BCUT2D eigenvalue weighted by atomic mass is 9.74. The number of carbonyl (C=O) groups excluding carboxylic acids is 1. The van der Waals surface area contributed by atoms with Crippen molar-refractivity contribution in [2.75, 3.05) is 0 Å². The highest BCUT2D eigenvalue weighted by molar-refractivity contribution is 5.98.